The minimum absolute atomic E-state index is 0.354. The summed E-state index contributed by atoms with van der Waals surface area (Å²) in [5, 5.41) is 0. The smallest absolute Gasteiger partial charge is 0.0488 e. The van der Waals surface area contributed by atoms with Crippen LogP contribution in [0.15, 0.2) is 24.3 Å². The van der Waals surface area contributed by atoms with Crippen molar-refractivity contribution in [3.63, 3.8) is 0 Å². The molecule has 16 heavy (non-hydrogen) atoms. The number of hydrogen-bond donors (Lipinski definition) is 2. The lowest BCUT2D eigenvalue weighted by molar-refractivity contribution is 0.345. The molecule has 2 fully saturated rings. The monoisotopic (exact) mass is 216 g/mol. The number of hydrogen-bond acceptors (Lipinski definition) is 2. The van der Waals surface area contributed by atoms with Gasteiger partial charge in [-0.1, -0.05) is 29.8 Å². The zero-order valence-corrected chi connectivity index (χ0v) is 9.82. The molecule has 86 valence electrons. The van der Waals surface area contributed by atoms with E-state index in [-0.39, 0.29) is 0 Å². The van der Waals surface area contributed by atoms with Crippen molar-refractivity contribution in [2.45, 2.75) is 32.2 Å². The van der Waals surface area contributed by atoms with Gasteiger partial charge in [-0.05, 0) is 49.5 Å². The van der Waals surface area contributed by atoms with Crippen molar-refractivity contribution >= 4 is 0 Å². The second kappa shape index (κ2) is 3.86. The van der Waals surface area contributed by atoms with Crippen molar-refractivity contribution < 1.29 is 0 Å². The molecule has 1 aromatic rings. The van der Waals surface area contributed by atoms with E-state index in [4.69, 9.17) is 5.84 Å². The van der Waals surface area contributed by atoms with E-state index in [9.17, 15) is 0 Å². The van der Waals surface area contributed by atoms with Gasteiger partial charge in [0.25, 0.3) is 0 Å². The molecule has 3 rings (SSSR count). The molecule has 2 nitrogen and oxygen atoms in total. The number of nitrogens with two attached hydrogens (primary N) is 1. The third kappa shape index (κ3) is 1.76. The number of aryl methyl sites for hydroxylation is 1. The average molecular weight is 216 g/mol. The van der Waals surface area contributed by atoms with Gasteiger partial charge in [-0.25, -0.2) is 0 Å². The second-order valence-corrected chi connectivity index (χ2v) is 5.55. The summed E-state index contributed by atoms with van der Waals surface area (Å²) in [4.78, 5) is 0. The molecule has 0 aliphatic heterocycles. The summed E-state index contributed by atoms with van der Waals surface area (Å²) in [6, 6.07) is 9.08. The standard InChI is InChI=1S/C14H20N2/c1-9-3-2-4-10(5-9)14(16-15)13-7-11-6-12(11)8-13/h2-5,11-14,16H,6-8,15H2,1H3. The summed E-state index contributed by atoms with van der Waals surface area (Å²) >= 11 is 0. The van der Waals surface area contributed by atoms with Crippen molar-refractivity contribution in [1.82, 2.24) is 5.43 Å². The van der Waals surface area contributed by atoms with Gasteiger partial charge in [0, 0.05) is 6.04 Å². The van der Waals surface area contributed by atoms with Gasteiger partial charge in [0.05, 0.1) is 0 Å². The number of fused-ring (bicyclic) bond motifs is 1. The minimum Gasteiger partial charge on any atom is -0.271 e. The second-order valence-electron chi connectivity index (χ2n) is 5.55. The Morgan fingerprint density at radius 1 is 1.25 bits per heavy atom. The van der Waals surface area contributed by atoms with Crippen molar-refractivity contribution in [3.05, 3.63) is 35.4 Å². The maximum absolute atomic E-state index is 5.74. The van der Waals surface area contributed by atoms with Gasteiger partial charge >= 0.3 is 0 Å². The summed E-state index contributed by atoms with van der Waals surface area (Å²) < 4.78 is 0. The van der Waals surface area contributed by atoms with Crippen molar-refractivity contribution in [2.24, 2.45) is 23.6 Å². The Morgan fingerprint density at radius 2 is 2.00 bits per heavy atom. The fourth-order valence-electron chi connectivity index (χ4n) is 3.40. The number of benzene rings is 1. The molecule has 0 saturated heterocycles. The van der Waals surface area contributed by atoms with Crippen LogP contribution in [0, 0.1) is 24.7 Å². The van der Waals surface area contributed by atoms with Crippen LogP contribution in [0.25, 0.3) is 0 Å². The highest BCUT2D eigenvalue weighted by molar-refractivity contribution is 5.26. The number of nitrogens with one attached hydrogen (secondary N) is 1. The first-order valence-corrected chi connectivity index (χ1v) is 6.30. The summed E-state index contributed by atoms with van der Waals surface area (Å²) in [5.74, 6) is 8.53. The summed E-state index contributed by atoms with van der Waals surface area (Å²) in [6.45, 7) is 2.14. The third-order valence-corrected chi connectivity index (χ3v) is 4.33. The molecule has 0 spiro atoms. The quantitative estimate of drug-likeness (QED) is 0.602. The molecular formula is C14H20N2. The van der Waals surface area contributed by atoms with Gasteiger partial charge < -0.3 is 0 Å². The van der Waals surface area contributed by atoms with E-state index >= 15 is 0 Å². The molecule has 0 aromatic heterocycles. The first-order chi connectivity index (χ1) is 7.78. The largest absolute Gasteiger partial charge is 0.271 e. The highest BCUT2D eigenvalue weighted by Gasteiger charge is 2.47. The molecule has 2 saturated carbocycles. The molecular weight excluding hydrogens is 196 g/mol. The van der Waals surface area contributed by atoms with Crippen molar-refractivity contribution in [3.8, 4) is 0 Å². The molecule has 0 amide bonds. The SMILES string of the molecule is Cc1cccc(C(NN)C2CC3CC3C2)c1. The van der Waals surface area contributed by atoms with Crippen LogP contribution in [0.5, 0.6) is 0 Å². The Morgan fingerprint density at radius 3 is 2.62 bits per heavy atom. The van der Waals surface area contributed by atoms with Gasteiger partial charge in [0.15, 0.2) is 0 Å². The fourth-order valence-corrected chi connectivity index (χ4v) is 3.40. The molecule has 2 aliphatic carbocycles. The Labute approximate surface area is 97.2 Å². The Kier molecular flexibility index (Phi) is 2.49. The molecule has 3 N–H and O–H groups in total. The summed E-state index contributed by atoms with van der Waals surface area (Å²) in [5.41, 5.74) is 5.70. The van der Waals surface area contributed by atoms with Gasteiger partial charge in [0.2, 0.25) is 0 Å². The Hall–Kier alpha value is -0.860. The molecule has 3 unspecified atom stereocenters. The first kappa shape index (κ1) is 10.3. The lowest BCUT2D eigenvalue weighted by atomic mass is 9.89. The van der Waals surface area contributed by atoms with Crippen LogP contribution >= 0.6 is 0 Å². The zero-order valence-electron chi connectivity index (χ0n) is 9.82. The molecule has 1 aromatic carbocycles. The minimum atomic E-state index is 0.354. The van der Waals surface area contributed by atoms with Crippen LogP contribution in [-0.4, -0.2) is 0 Å². The molecule has 0 radical (unpaired) electrons. The third-order valence-electron chi connectivity index (χ3n) is 4.33. The van der Waals surface area contributed by atoms with Crippen LogP contribution < -0.4 is 11.3 Å². The van der Waals surface area contributed by atoms with E-state index in [0.29, 0.717) is 6.04 Å². The van der Waals surface area contributed by atoms with Crippen LogP contribution in [0.3, 0.4) is 0 Å². The predicted molar refractivity (Wildman–Crippen MR) is 65.6 cm³/mol. The van der Waals surface area contributed by atoms with Crippen LogP contribution in [0.2, 0.25) is 0 Å². The van der Waals surface area contributed by atoms with Crippen LogP contribution in [0.1, 0.15) is 36.4 Å². The molecule has 0 bridgehead atoms. The van der Waals surface area contributed by atoms with Crippen molar-refractivity contribution in [1.29, 1.82) is 0 Å². The molecule has 2 heteroatoms. The Bertz CT molecular complexity index is 378. The van der Waals surface area contributed by atoms with Gasteiger partial charge in [0.1, 0.15) is 0 Å². The van der Waals surface area contributed by atoms with E-state index in [1.165, 1.54) is 30.4 Å². The normalized spacial score (nSPS) is 33.5. The highest BCUT2D eigenvalue weighted by atomic mass is 15.2. The Balaban J connectivity index is 1.79. The number of hydrazine groups is 1. The van der Waals surface area contributed by atoms with Gasteiger partial charge in [-0.2, -0.15) is 0 Å². The van der Waals surface area contributed by atoms with Crippen LogP contribution in [-0.2, 0) is 0 Å². The van der Waals surface area contributed by atoms with E-state index in [1.54, 1.807) is 0 Å². The summed E-state index contributed by atoms with van der Waals surface area (Å²) in [6.07, 6.45) is 4.21. The van der Waals surface area contributed by atoms with Crippen molar-refractivity contribution in [2.75, 3.05) is 0 Å². The number of rotatable bonds is 3. The summed E-state index contributed by atoms with van der Waals surface area (Å²) in [7, 11) is 0. The topological polar surface area (TPSA) is 38.0 Å². The maximum Gasteiger partial charge on any atom is 0.0488 e. The lowest BCUT2D eigenvalue weighted by Crippen LogP contribution is -2.33. The zero-order chi connectivity index (χ0) is 11.1. The first-order valence-electron chi connectivity index (χ1n) is 6.30. The van der Waals surface area contributed by atoms with E-state index in [0.717, 1.165) is 17.8 Å². The highest BCUT2D eigenvalue weighted by Crippen LogP contribution is 2.56. The van der Waals surface area contributed by atoms with E-state index in [1.807, 2.05) is 0 Å². The van der Waals surface area contributed by atoms with Gasteiger partial charge in [-0.15, -0.1) is 0 Å². The average Bonchev–Trinajstić information content (AvgIpc) is 2.88. The van der Waals surface area contributed by atoms with Crippen LogP contribution in [0.4, 0.5) is 0 Å². The predicted octanol–water partition coefficient (Wildman–Crippen LogP) is 2.55. The van der Waals surface area contributed by atoms with E-state index < -0.39 is 0 Å². The molecule has 0 heterocycles. The van der Waals surface area contributed by atoms with Gasteiger partial charge in [-0.3, -0.25) is 11.3 Å². The fraction of sp³-hybridized carbons (Fsp3) is 0.571. The maximum atomic E-state index is 5.74. The lowest BCUT2D eigenvalue weighted by Gasteiger charge is -2.24. The molecule has 2 aliphatic rings. The molecule has 3 atom stereocenters. The van der Waals surface area contributed by atoms with E-state index in [2.05, 4.69) is 36.6 Å².